The van der Waals surface area contributed by atoms with Gasteiger partial charge in [0.1, 0.15) is 0 Å². The van der Waals surface area contributed by atoms with Gasteiger partial charge in [0, 0.05) is 6.42 Å². The van der Waals surface area contributed by atoms with Gasteiger partial charge in [0.15, 0.2) is 0 Å². The molecule has 0 saturated heterocycles. The van der Waals surface area contributed by atoms with Crippen molar-refractivity contribution in [2.24, 2.45) is 0 Å². The third kappa shape index (κ3) is 4.95. The normalized spacial score (nSPS) is 28.0. The number of allylic oxidation sites excluding steroid dienone is 6. The van der Waals surface area contributed by atoms with Crippen molar-refractivity contribution >= 4 is 0 Å². The smallest absolute Gasteiger partial charge is 0.00442 e. The Morgan fingerprint density at radius 1 is 0.667 bits per heavy atom. The molecule has 1 radical (unpaired) electrons. The van der Waals surface area contributed by atoms with Crippen LogP contribution < -0.4 is 0 Å². The molecule has 12 heavy (non-hydrogen) atoms. The van der Waals surface area contributed by atoms with E-state index in [4.69, 9.17) is 0 Å². The highest BCUT2D eigenvalue weighted by Gasteiger charge is 1.84. The molecule has 0 heterocycles. The molecule has 1 rings (SSSR count). The van der Waals surface area contributed by atoms with E-state index in [1.54, 1.807) is 0 Å². The first-order valence-corrected chi connectivity index (χ1v) is 4.80. The lowest BCUT2D eigenvalue weighted by Crippen LogP contribution is -1.74. The van der Waals surface area contributed by atoms with Crippen LogP contribution in [0.15, 0.2) is 36.5 Å². The van der Waals surface area contributed by atoms with E-state index in [1.807, 2.05) is 0 Å². The van der Waals surface area contributed by atoms with Crippen LogP contribution >= 0.6 is 0 Å². The average molecular weight is 161 g/mol. The lowest BCUT2D eigenvalue weighted by Gasteiger charge is -1.93. The van der Waals surface area contributed by atoms with E-state index in [2.05, 4.69) is 42.9 Å². The van der Waals surface area contributed by atoms with Crippen LogP contribution in [0.2, 0.25) is 0 Å². The quantitative estimate of drug-likeness (QED) is 0.474. The Balaban J connectivity index is 2.31. The van der Waals surface area contributed by atoms with Crippen LogP contribution in [0, 0.1) is 6.42 Å². The summed E-state index contributed by atoms with van der Waals surface area (Å²) in [4.78, 5) is 0. The first-order valence-electron chi connectivity index (χ1n) is 4.80. The molecule has 0 aromatic heterocycles. The Morgan fingerprint density at radius 3 is 2.33 bits per heavy atom. The van der Waals surface area contributed by atoms with Gasteiger partial charge in [-0.15, -0.1) is 0 Å². The predicted octanol–water partition coefficient (Wildman–Crippen LogP) is 3.82. The molecule has 0 heteroatoms. The Labute approximate surface area is 75.7 Å². The molecule has 0 fully saturated rings. The van der Waals surface area contributed by atoms with Crippen molar-refractivity contribution < 1.29 is 0 Å². The summed E-state index contributed by atoms with van der Waals surface area (Å²) in [5, 5.41) is 0. The molecule has 0 saturated carbocycles. The van der Waals surface area contributed by atoms with Crippen molar-refractivity contribution in [1.29, 1.82) is 0 Å². The molecule has 0 atom stereocenters. The highest BCUT2D eigenvalue weighted by atomic mass is 13.9. The lowest BCUT2D eigenvalue weighted by molar-refractivity contribution is 0.761. The zero-order valence-electron chi connectivity index (χ0n) is 7.58. The lowest BCUT2D eigenvalue weighted by atomic mass is 10.1. The summed E-state index contributed by atoms with van der Waals surface area (Å²) in [5.74, 6) is 0. The summed E-state index contributed by atoms with van der Waals surface area (Å²) in [7, 11) is 0. The Bertz CT molecular complexity index is 152. The molecule has 65 valence electrons. The van der Waals surface area contributed by atoms with Crippen LogP contribution in [0.25, 0.3) is 0 Å². The second-order valence-corrected chi connectivity index (χ2v) is 3.04. The van der Waals surface area contributed by atoms with Crippen molar-refractivity contribution in [3.63, 3.8) is 0 Å². The summed E-state index contributed by atoms with van der Waals surface area (Å²) in [5.41, 5.74) is 0. The van der Waals surface area contributed by atoms with E-state index in [-0.39, 0.29) is 0 Å². The highest BCUT2D eigenvalue weighted by Crippen LogP contribution is 2.04. The van der Waals surface area contributed by atoms with E-state index >= 15 is 0 Å². The van der Waals surface area contributed by atoms with Crippen LogP contribution in [0.5, 0.6) is 0 Å². The van der Waals surface area contributed by atoms with Gasteiger partial charge < -0.3 is 0 Å². The average Bonchev–Trinajstić information content (AvgIpc) is 2.05. The first-order chi connectivity index (χ1) is 6.00. The van der Waals surface area contributed by atoms with Crippen LogP contribution in [-0.2, 0) is 0 Å². The van der Waals surface area contributed by atoms with Crippen LogP contribution in [0.4, 0.5) is 0 Å². The monoisotopic (exact) mass is 161 g/mol. The maximum absolute atomic E-state index is 2.29. The predicted molar refractivity (Wildman–Crippen MR) is 54.8 cm³/mol. The van der Waals surface area contributed by atoms with Gasteiger partial charge in [-0.2, -0.15) is 0 Å². The maximum atomic E-state index is 2.29. The third-order valence-corrected chi connectivity index (χ3v) is 1.92. The summed E-state index contributed by atoms with van der Waals surface area (Å²) in [6.07, 6.45) is 21.5. The standard InChI is InChI=1S/C12H17/c1-2-4-6-8-10-12-11-9-7-5-3-1/h1-5,8,10H,6-7,9,11-12H2/b4-2-,5-3+,10-8-. The summed E-state index contributed by atoms with van der Waals surface area (Å²) >= 11 is 0. The van der Waals surface area contributed by atoms with Gasteiger partial charge in [-0.1, -0.05) is 36.5 Å². The van der Waals surface area contributed by atoms with E-state index in [1.165, 1.54) is 25.7 Å². The van der Waals surface area contributed by atoms with Gasteiger partial charge in [-0.25, -0.2) is 0 Å². The van der Waals surface area contributed by atoms with Gasteiger partial charge in [0.2, 0.25) is 0 Å². The van der Waals surface area contributed by atoms with Crippen LogP contribution in [-0.4, -0.2) is 0 Å². The maximum Gasteiger partial charge on any atom is 0.00442 e. The number of hydrogen-bond donors (Lipinski definition) is 0. The fraction of sp³-hybridized carbons (Fsp3) is 0.417. The highest BCUT2D eigenvalue weighted by molar-refractivity contribution is 5.09. The topological polar surface area (TPSA) is 0 Å². The summed E-state index contributed by atoms with van der Waals surface area (Å²) in [6, 6.07) is 0. The Morgan fingerprint density at radius 2 is 1.42 bits per heavy atom. The van der Waals surface area contributed by atoms with Gasteiger partial charge in [-0.3, -0.25) is 0 Å². The SMILES string of the molecule is [CH]1/C=C\C/C=C\CCCC/C=C/1. The third-order valence-electron chi connectivity index (χ3n) is 1.92. The molecular weight excluding hydrogens is 144 g/mol. The molecule has 0 bridgehead atoms. The Kier molecular flexibility index (Phi) is 5.35. The van der Waals surface area contributed by atoms with Crippen molar-refractivity contribution in [2.75, 3.05) is 0 Å². The summed E-state index contributed by atoms with van der Waals surface area (Å²) in [6.45, 7) is 0. The molecule has 0 amide bonds. The van der Waals surface area contributed by atoms with Gasteiger partial charge in [0.25, 0.3) is 0 Å². The minimum atomic E-state index is 1.07. The summed E-state index contributed by atoms with van der Waals surface area (Å²) < 4.78 is 0. The minimum absolute atomic E-state index is 1.07. The zero-order chi connectivity index (χ0) is 8.49. The van der Waals surface area contributed by atoms with E-state index in [9.17, 15) is 0 Å². The Hall–Kier alpha value is -0.780. The zero-order valence-corrected chi connectivity index (χ0v) is 7.58. The molecule has 0 aromatic rings. The molecule has 0 aliphatic heterocycles. The van der Waals surface area contributed by atoms with Gasteiger partial charge in [-0.05, 0) is 32.1 Å². The minimum Gasteiger partial charge on any atom is -0.0882 e. The largest absolute Gasteiger partial charge is 0.0882 e. The fourth-order valence-electron chi connectivity index (χ4n) is 1.21. The molecule has 0 nitrogen and oxygen atoms in total. The molecule has 0 spiro atoms. The van der Waals surface area contributed by atoms with Gasteiger partial charge in [0.05, 0.1) is 0 Å². The fourth-order valence-corrected chi connectivity index (χ4v) is 1.21. The van der Waals surface area contributed by atoms with Crippen molar-refractivity contribution in [1.82, 2.24) is 0 Å². The number of hydrogen-bond acceptors (Lipinski definition) is 0. The van der Waals surface area contributed by atoms with Crippen LogP contribution in [0.3, 0.4) is 0 Å². The van der Waals surface area contributed by atoms with Crippen LogP contribution in [0.1, 0.15) is 32.1 Å². The molecule has 1 aliphatic rings. The van der Waals surface area contributed by atoms with E-state index < -0.39 is 0 Å². The van der Waals surface area contributed by atoms with Gasteiger partial charge >= 0.3 is 0 Å². The second kappa shape index (κ2) is 6.90. The van der Waals surface area contributed by atoms with Crippen molar-refractivity contribution in [2.45, 2.75) is 32.1 Å². The first kappa shape index (κ1) is 9.31. The second-order valence-electron chi connectivity index (χ2n) is 3.04. The van der Waals surface area contributed by atoms with Crippen molar-refractivity contribution in [3.8, 4) is 0 Å². The van der Waals surface area contributed by atoms with E-state index in [0.717, 1.165) is 6.42 Å². The molecule has 0 N–H and O–H groups in total. The molecular formula is C12H17. The molecule has 0 unspecified atom stereocenters. The van der Waals surface area contributed by atoms with Crippen molar-refractivity contribution in [3.05, 3.63) is 42.9 Å². The molecule has 0 aromatic carbocycles. The number of rotatable bonds is 0. The molecule has 1 aliphatic carbocycles. The van der Waals surface area contributed by atoms with E-state index in [0.29, 0.717) is 0 Å².